The Bertz CT molecular complexity index is 429. The molecule has 2 atom stereocenters. The second-order valence-electron chi connectivity index (χ2n) is 4.61. The molecule has 1 saturated heterocycles. The van der Waals surface area contributed by atoms with Crippen molar-refractivity contribution in [2.75, 3.05) is 20.6 Å². The molecule has 7 heteroatoms. The van der Waals surface area contributed by atoms with Crippen molar-refractivity contribution in [2.24, 2.45) is 15.9 Å². The lowest BCUT2D eigenvalue weighted by Crippen LogP contribution is -2.51. The molecular weight excluding hydrogens is 248 g/mol. The number of amides is 2. The maximum absolute atomic E-state index is 12.0. The standard InChI is InChI=1S/C12H20N4O3/c1-5-12(15(3)4,14-8-13-6-2)9-7-10(17)16(19)11(9)18/h9,19H,5-7H2,1-4H3. The van der Waals surface area contributed by atoms with E-state index in [0.29, 0.717) is 13.0 Å². The number of imide groups is 1. The van der Waals surface area contributed by atoms with Crippen LogP contribution < -0.4 is 0 Å². The fourth-order valence-corrected chi connectivity index (χ4v) is 2.30. The number of hydroxylamine groups is 2. The molecule has 1 aliphatic heterocycles. The van der Waals surface area contributed by atoms with E-state index in [9.17, 15) is 14.8 Å². The van der Waals surface area contributed by atoms with Crippen molar-refractivity contribution in [3.63, 3.8) is 0 Å². The summed E-state index contributed by atoms with van der Waals surface area (Å²) in [7, 11) is 3.55. The van der Waals surface area contributed by atoms with Crippen LogP contribution in [0.2, 0.25) is 0 Å². The number of hydrogen-bond acceptors (Lipinski definition) is 6. The van der Waals surface area contributed by atoms with E-state index in [1.54, 1.807) is 19.0 Å². The molecule has 106 valence electrons. The summed E-state index contributed by atoms with van der Waals surface area (Å²) in [5.74, 6) is -1.94. The largest absolute Gasteiger partial charge is 0.284 e. The van der Waals surface area contributed by atoms with Gasteiger partial charge in [0.05, 0.1) is 11.9 Å². The highest BCUT2D eigenvalue weighted by molar-refractivity contribution is 6.02. The van der Waals surface area contributed by atoms with Crippen LogP contribution in [-0.2, 0) is 9.59 Å². The van der Waals surface area contributed by atoms with Gasteiger partial charge in [0.1, 0.15) is 5.66 Å². The summed E-state index contributed by atoms with van der Waals surface area (Å²) in [6.45, 7) is 4.26. The summed E-state index contributed by atoms with van der Waals surface area (Å²) >= 11 is 0. The number of carbonyl (C=O) groups is 2. The molecule has 1 rings (SSSR count). The average Bonchev–Trinajstić information content (AvgIpc) is 2.63. The molecule has 0 aromatic carbocycles. The van der Waals surface area contributed by atoms with Gasteiger partial charge in [-0.05, 0) is 27.4 Å². The Morgan fingerprint density at radius 3 is 2.47 bits per heavy atom. The van der Waals surface area contributed by atoms with Gasteiger partial charge in [-0.25, -0.2) is 9.98 Å². The smallest absolute Gasteiger partial charge is 0.260 e. The van der Waals surface area contributed by atoms with E-state index >= 15 is 0 Å². The molecule has 0 radical (unpaired) electrons. The second kappa shape index (κ2) is 6.06. The number of nitrogens with zero attached hydrogens (tertiary/aromatic N) is 4. The van der Waals surface area contributed by atoms with Gasteiger partial charge >= 0.3 is 0 Å². The lowest BCUT2D eigenvalue weighted by molar-refractivity contribution is -0.173. The fourth-order valence-electron chi connectivity index (χ4n) is 2.30. The molecule has 1 heterocycles. The first-order chi connectivity index (χ1) is 8.90. The fraction of sp³-hybridized carbons (Fsp3) is 0.750. The van der Waals surface area contributed by atoms with E-state index < -0.39 is 23.4 Å². The second-order valence-corrected chi connectivity index (χ2v) is 4.61. The van der Waals surface area contributed by atoms with Crippen LogP contribution >= 0.6 is 0 Å². The lowest BCUT2D eigenvalue weighted by Gasteiger charge is -2.37. The third-order valence-corrected chi connectivity index (χ3v) is 3.45. The van der Waals surface area contributed by atoms with Gasteiger partial charge in [-0.15, -0.1) is 0 Å². The SMILES string of the molecule is CCN=C=NC(CC)(C1CC(=O)N(O)C1=O)N(C)C. The van der Waals surface area contributed by atoms with Gasteiger partial charge < -0.3 is 0 Å². The van der Waals surface area contributed by atoms with Gasteiger partial charge in [0.25, 0.3) is 11.8 Å². The zero-order chi connectivity index (χ0) is 14.6. The Hall–Kier alpha value is -1.56. The average molecular weight is 268 g/mol. The molecule has 0 bridgehead atoms. The summed E-state index contributed by atoms with van der Waals surface area (Å²) < 4.78 is 0. The van der Waals surface area contributed by atoms with Crippen LogP contribution in [0, 0.1) is 5.92 Å². The molecule has 1 aliphatic rings. The molecule has 0 spiro atoms. The highest BCUT2D eigenvalue weighted by atomic mass is 16.5. The Kier molecular flexibility index (Phi) is 4.94. The van der Waals surface area contributed by atoms with Crippen molar-refractivity contribution in [1.82, 2.24) is 9.96 Å². The Morgan fingerprint density at radius 1 is 1.47 bits per heavy atom. The maximum Gasteiger partial charge on any atom is 0.260 e. The molecule has 7 nitrogen and oxygen atoms in total. The highest BCUT2D eigenvalue weighted by Crippen LogP contribution is 2.35. The molecule has 1 fully saturated rings. The predicted octanol–water partition coefficient (Wildman–Crippen LogP) is 0.612. The minimum Gasteiger partial charge on any atom is -0.284 e. The number of hydrogen-bond donors (Lipinski definition) is 1. The van der Waals surface area contributed by atoms with Crippen molar-refractivity contribution in [3.8, 4) is 0 Å². The number of rotatable bonds is 5. The van der Waals surface area contributed by atoms with Gasteiger partial charge in [0, 0.05) is 13.0 Å². The molecule has 0 saturated carbocycles. The minimum absolute atomic E-state index is 0.0569. The van der Waals surface area contributed by atoms with E-state index in [0.717, 1.165) is 0 Å². The van der Waals surface area contributed by atoms with Crippen LogP contribution in [0.3, 0.4) is 0 Å². The quantitative estimate of drug-likeness (QED) is 0.450. The molecular formula is C12H20N4O3. The van der Waals surface area contributed by atoms with E-state index in [2.05, 4.69) is 16.0 Å². The number of aliphatic imine (C=N–C) groups is 2. The molecule has 1 N–H and O–H groups in total. The summed E-state index contributed by atoms with van der Waals surface area (Å²) in [6.07, 6.45) is 0.447. The van der Waals surface area contributed by atoms with E-state index in [-0.39, 0.29) is 11.5 Å². The zero-order valence-corrected chi connectivity index (χ0v) is 11.8. The molecule has 2 unspecified atom stereocenters. The van der Waals surface area contributed by atoms with Crippen LogP contribution in [0.15, 0.2) is 9.98 Å². The third-order valence-electron chi connectivity index (χ3n) is 3.45. The van der Waals surface area contributed by atoms with E-state index in [1.807, 2.05) is 13.8 Å². The molecule has 0 aromatic rings. The summed E-state index contributed by atoms with van der Waals surface area (Å²) in [5, 5.41) is 9.56. The molecule has 0 aliphatic carbocycles. The van der Waals surface area contributed by atoms with Crippen molar-refractivity contribution < 1.29 is 14.8 Å². The summed E-state index contributed by atoms with van der Waals surface area (Å²) in [5.41, 5.74) is -0.914. The molecule has 2 amide bonds. The minimum atomic E-state index is -0.914. The first kappa shape index (κ1) is 15.5. The van der Waals surface area contributed by atoms with Crippen LogP contribution in [0.5, 0.6) is 0 Å². The maximum atomic E-state index is 12.0. The van der Waals surface area contributed by atoms with E-state index in [1.165, 1.54) is 0 Å². The third kappa shape index (κ3) is 2.73. The van der Waals surface area contributed by atoms with Crippen molar-refractivity contribution in [2.45, 2.75) is 32.4 Å². The van der Waals surface area contributed by atoms with Gasteiger partial charge in [0.2, 0.25) is 0 Å². The summed E-state index contributed by atoms with van der Waals surface area (Å²) in [6, 6.07) is 2.58. The van der Waals surface area contributed by atoms with E-state index in [4.69, 9.17) is 0 Å². The van der Waals surface area contributed by atoms with Gasteiger partial charge in [-0.2, -0.15) is 5.06 Å². The zero-order valence-electron chi connectivity index (χ0n) is 11.8. The van der Waals surface area contributed by atoms with Gasteiger partial charge in [0.15, 0.2) is 0 Å². The first-order valence-corrected chi connectivity index (χ1v) is 6.27. The Balaban J connectivity index is 3.21. The Labute approximate surface area is 112 Å². The van der Waals surface area contributed by atoms with Crippen LogP contribution in [0.1, 0.15) is 26.7 Å². The van der Waals surface area contributed by atoms with Crippen LogP contribution in [0.4, 0.5) is 0 Å². The van der Waals surface area contributed by atoms with Crippen molar-refractivity contribution in [1.29, 1.82) is 0 Å². The normalized spacial score (nSPS) is 22.4. The van der Waals surface area contributed by atoms with Crippen LogP contribution in [-0.4, -0.2) is 59.3 Å². The monoisotopic (exact) mass is 268 g/mol. The van der Waals surface area contributed by atoms with Crippen molar-refractivity contribution in [3.05, 3.63) is 0 Å². The Morgan fingerprint density at radius 2 is 2.11 bits per heavy atom. The van der Waals surface area contributed by atoms with Crippen molar-refractivity contribution >= 4 is 17.8 Å². The van der Waals surface area contributed by atoms with Crippen LogP contribution in [0.25, 0.3) is 0 Å². The summed E-state index contributed by atoms with van der Waals surface area (Å²) in [4.78, 5) is 33.4. The molecule has 0 aromatic heterocycles. The topological polar surface area (TPSA) is 85.6 Å². The van der Waals surface area contributed by atoms with Gasteiger partial charge in [-0.1, -0.05) is 6.92 Å². The first-order valence-electron chi connectivity index (χ1n) is 6.27. The lowest BCUT2D eigenvalue weighted by atomic mass is 9.87. The highest BCUT2D eigenvalue weighted by Gasteiger charge is 2.52. The van der Waals surface area contributed by atoms with Gasteiger partial charge in [-0.3, -0.25) is 19.7 Å². The molecule has 19 heavy (non-hydrogen) atoms. The number of carbonyl (C=O) groups excluding carboxylic acids is 2. The predicted molar refractivity (Wildman–Crippen MR) is 68.9 cm³/mol.